The molecule has 0 heterocycles. The molecule has 0 bridgehead atoms. The van der Waals surface area contributed by atoms with E-state index in [1.165, 1.54) is 6.42 Å². The Balaban J connectivity index is -0.0000000106. The van der Waals surface area contributed by atoms with Crippen LogP contribution in [0.15, 0.2) is 49.1 Å². The van der Waals surface area contributed by atoms with Crippen molar-refractivity contribution < 1.29 is 0 Å². The molecule has 0 atom stereocenters. The summed E-state index contributed by atoms with van der Waals surface area (Å²) >= 11 is 0. The van der Waals surface area contributed by atoms with Gasteiger partial charge in [-0.2, -0.15) is 0 Å². The Morgan fingerprint density at radius 1 is 0.464 bits per heavy atom. The molecule has 0 aliphatic heterocycles. The highest BCUT2D eigenvalue weighted by molar-refractivity contribution is 4.99. The van der Waals surface area contributed by atoms with Crippen LogP contribution in [0.3, 0.4) is 0 Å². The van der Waals surface area contributed by atoms with Gasteiger partial charge < -0.3 is 0 Å². The summed E-state index contributed by atoms with van der Waals surface area (Å²) in [6, 6.07) is 12.0. The lowest BCUT2D eigenvalue weighted by atomic mass is 10.4. The molecule has 1 aromatic carbocycles. The zero-order valence-electron chi connectivity index (χ0n) is 20.5. The van der Waals surface area contributed by atoms with Gasteiger partial charge in [0, 0.05) is 0 Å². The van der Waals surface area contributed by atoms with E-state index in [1.54, 1.807) is 6.08 Å². The molecule has 28 heavy (non-hydrogen) atoms. The predicted octanol–water partition coefficient (Wildman–Crippen LogP) is 13.0. The first-order valence-electron chi connectivity index (χ1n) is 10.4. The van der Waals surface area contributed by atoms with E-state index in [2.05, 4.69) is 20.4 Å². The lowest BCUT2D eigenvalue weighted by Gasteiger charge is -1.69. The van der Waals surface area contributed by atoms with E-state index in [9.17, 15) is 0 Å². The molecule has 0 saturated heterocycles. The van der Waals surface area contributed by atoms with Gasteiger partial charge in [-0.05, 0) is 6.92 Å². The molecule has 1 rings (SSSR count). The van der Waals surface area contributed by atoms with Crippen molar-refractivity contribution in [2.45, 2.75) is 140 Å². The van der Waals surface area contributed by atoms with Crippen LogP contribution in [0.1, 0.15) is 140 Å². The van der Waals surface area contributed by atoms with Crippen LogP contribution in [0.4, 0.5) is 0 Å². The molecular formula is C28H72. The quantitative estimate of drug-likeness (QED) is 0.374. The lowest BCUT2D eigenvalue weighted by Crippen LogP contribution is -1.47. The Morgan fingerprint density at radius 2 is 0.500 bits per heavy atom. The average Bonchev–Trinajstić information content (AvgIpc) is 2.74. The molecule has 0 heteroatoms. The summed E-state index contributed by atoms with van der Waals surface area (Å²) in [6.45, 7) is 33.5. The standard InChI is InChI=1S/C6H6.C3H8.C3H6.6C2H6.4CH4/c1-2-4-6-5-3-1;2*1-3-2;6*1-2;;;;/h1-6H;3H2,1-2H3;3H,1H2,2H3;6*1-2H3;4*1H4. The van der Waals surface area contributed by atoms with Crippen molar-refractivity contribution in [1.82, 2.24) is 0 Å². The van der Waals surface area contributed by atoms with Crippen molar-refractivity contribution in [2.75, 3.05) is 0 Å². The van der Waals surface area contributed by atoms with Crippen LogP contribution >= 0.6 is 0 Å². The molecule has 0 aliphatic rings. The predicted molar refractivity (Wildman–Crippen MR) is 153 cm³/mol. The van der Waals surface area contributed by atoms with Gasteiger partial charge in [-0.3, -0.25) is 0 Å². The van der Waals surface area contributed by atoms with Gasteiger partial charge in [-0.1, -0.05) is 176 Å². The van der Waals surface area contributed by atoms with Crippen LogP contribution in [0, 0.1) is 0 Å². The van der Waals surface area contributed by atoms with E-state index in [0.29, 0.717) is 0 Å². The Morgan fingerprint density at radius 3 is 0.536 bits per heavy atom. The summed E-state index contributed by atoms with van der Waals surface area (Å²) in [7, 11) is 0. The van der Waals surface area contributed by atoms with E-state index < -0.39 is 0 Å². The molecule has 0 aliphatic carbocycles. The maximum absolute atomic E-state index is 3.36. The monoisotopic (exact) mass is 409 g/mol. The van der Waals surface area contributed by atoms with Crippen molar-refractivity contribution in [2.24, 2.45) is 0 Å². The van der Waals surface area contributed by atoms with Crippen LogP contribution in [0.2, 0.25) is 0 Å². The number of allylic oxidation sites excluding steroid dienone is 1. The summed E-state index contributed by atoms with van der Waals surface area (Å²) in [5.41, 5.74) is 0. The fraction of sp³-hybridized carbons (Fsp3) is 0.714. The second-order valence-electron chi connectivity index (χ2n) is 2.27. The van der Waals surface area contributed by atoms with Gasteiger partial charge in [-0.15, -0.1) is 6.58 Å². The highest BCUT2D eigenvalue weighted by Gasteiger charge is 1.57. The van der Waals surface area contributed by atoms with Crippen LogP contribution in [-0.2, 0) is 0 Å². The normalized spacial score (nSPS) is 4.11. The minimum absolute atomic E-state index is 0. The van der Waals surface area contributed by atoms with Gasteiger partial charge in [0.05, 0.1) is 0 Å². The summed E-state index contributed by atoms with van der Waals surface area (Å²) < 4.78 is 0. The second kappa shape index (κ2) is 334. The van der Waals surface area contributed by atoms with E-state index in [1.807, 2.05) is 126 Å². The van der Waals surface area contributed by atoms with Gasteiger partial charge in [-0.25, -0.2) is 0 Å². The van der Waals surface area contributed by atoms with Crippen molar-refractivity contribution >= 4 is 0 Å². The third kappa shape index (κ3) is 582. The fourth-order valence-electron chi connectivity index (χ4n) is 0.385. The van der Waals surface area contributed by atoms with Gasteiger partial charge in [0.25, 0.3) is 0 Å². The summed E-state index contributed by atoms with van der Waals surface area (Å²) in [4.78, 5) is 0. The van der Waals surface area contributed by atoms with Crippen LogP contribution in [-0.4, -0.2) is 0 Å². The molecule has 0 spiro atoms. The molecule has 1 aromatic rings. The number of rotatable bonds is 0. The summed E-state index contributed by atoms with van der Waals surface area (Å²) in [5, 5.41) is 0. The second-order valence-corrected chi connectivity index (χ2v) is 2.27. The first-order chi connectivity index (χ1) is 11.8. The van der Waals surface area contributed by atoms with Crippen LogP contribution < -0.4 is 0 Å². The molecule has 0 saturated carbocycles. The first kappa shape index (κ1) is 81.2. The van der Waals surface area contributed by atoms with Crippen LogP contribution in [0.25, 0.3) is 0 Å². The Labute approximate surface area is 189 Å². The zero-order chi connectivity index (χ0) is 21.7. The van der Waals surface area contributed by atoms with Crippen molar-refractivity contribution in [3.8, 4) is 0 Å². The third-order valence-corrected chi connectivity index (χ3v) is 0.667. The summed E-state index contributed by atoms with van der Waals surface area (Å²) in [6.07, 6.45) is 3.00. The highest BCUT2D eigenvalue weighted by atomic mass is 13.6. The third-order valence-electron chi connectivity index (χ3n) is 0.667. The molecule has 0 amide bonds. The minimum Gasteiger partial charge on any atom is -0.103 e. The zero-order valence-corrected chi connectivity index (χ0v) is 20.5. The molecule has 0 fully saturated rings. The largest absolute Gasteiger partial charge is 0.103 e. The number of benzene rings is 1. The van der Waals surface area contributed by atoms with Crippen molar-refractivity contribution in [3.05, 3.63) is 49.1 Å². The molecule has 0 radical (unpaired) electrons. The molecular weight excluding hydrogens is 336 g/mol. The SMILES string of the molecule is C.C.C.C.C=CC.CC.CC.CC.CC.CC.CC.CCC.c1ccccc1. The van der Waals surface area contributed by atoms with E-state index in [-0.39, 0.29) is 29.7 Å². The van der Waals surface area contributed by atoms with E-state index in [0.717, 1.165) is 0 Å². The smallest absolute Gasteiger partial charge is 0.0473 e. The highest BCUT2D eigenvalue weighted by Crippen LogP contribution is 1.79. The average molecular weight is 409 g/mol. The van der Waals surface area contributed by atoms with Crippen molar-refractivity contribution in [1.29, 1.82) is 0 Å². The Hall–Kier alpha value is -1.04. The Bertz CT molecular complexity index is 115. The van der Waals surface area contributed by atoms with Crippen molar-refractivity contribution in [3.63, 3.8) is 0 Å². The number of hydrogen-bond donors (Lipinski definition) is 0. The van der Waals surface area contributed by atoms with Gasteiger partial charge in [0.1, 0.15) is 0 Å². The van der Waals surface area contributed by atoms with Gasteiger partial charge in [0.2, 0.25) is 0 Å². The van der Waals surface area contributed by atoms with Gasteiger partial charge in [0.15, 0.2) is 0 Å². The molecule has 0 unspecified atom stereocenters. The maximum atomic E-state index is 3.36. The number of hydrogen-bond acceptors (Lipinski definition) is 0. The topological polar surface area (TPSA) is 0 Å². The Kier molecular flexibility index (Phi) is 968. The van der Waals surface area contributed by atoms with E-state index >= 15 is 0 Å². The van der Waals surface area contributed by atoms with Crippen LogP contribution in [0.5, 0.6) is 0 Å². The molecule has 0 aromatic heterocycles. The maximum Gasteiger partial charge on any atom is -0.0473 e. The lowest BCUT2D eigenvalue weighted by molar-refractivity contribution is 1.09. The molecule has 0 nitrogen and oxygen atoms in total. The van der Waals surface area contributed by atoms with E-state index in [4.69, 9.17) is 0 Å². The van der Waals surface area contributed by atoms with Gasteiger partial charge >= 0.3 is 0 Å². The molecule has 0 N–H and O–H groups in total. The minimum atomic E-state index is 0. The first-order valence-corrected chi connectivity index (χ1v) is 10.4. The molecule has 184 valence electrons. The fourth-order valence-corrected chi connectivity index (χ4v) is 0.385. The summed E-state index contributed by atoms with van der Waals surface area (Å²) in [5.74, 6) is 0.